The van der Waals surface area contributed by atoms with E-state index >= 15 is 0 Å². The monoisotopic (exact) mass is 432 g/mol. The van der Waals surface area contributed by atoms with Gasteiger partial charge in [0.2, 0.25) is 4.80 Å². The summed E-state index contributed by atoms with van der Waals surface area (Å²) in [4.78, 5) is 16.1. The van der Waals surface area contributed by atoms with Crippen LogP contribution in [0.3, 0.4) is 0 Å². The van der Waals surface area contributed by atoms with Crippen molar-refractivity contribution in [1.29, 1.82) is 0 Å². The van der Waals surface area contributed by atoms with Crippen LogP contribution in [0.25, 0.3) is 11.3 Å². The molecule has 0 fully saturated rings. The molecule has 0 N–H and O–H groups in total. The fourth-order valence-electron chi connectivity index (χ4n) is 3.11. The molecule has 0 aliphatic rings. The highest BCUT2D eigenvalue weighted by Crippen LogP contribution is 2.24. The van der Waals surface area contributed by atoms with Crippen molar-refractivity contribution in [3.8, 4) is 11.3 Å². The molecule has 0 bridgehead atoms. The predicted molar refractivity (Wildman–Crippen MR) is 122 cm³/mol. The molecule has 0 atom stereocenters. The lowest BCUT2D eigenvalue weighted by atomic mass is 10.1. The van der Waals surface area contributed by atoms with Crippen LogP contribution in [0.4, 0.5) is 11.4 Å². The minimum atomic E-state index is -0.413. The van der Waals surface area contributed by atoms with E-state index in [1.54, 1.807) is 23.0 Å². The summed E-state index contributed by atoms with van der Waals surface area (Å²) in [7, 11) is 0. The highest BCUT2D eigenvalue weighted by molar-refractivity contribution is 7.07. The zero-order chi connectivity index (χ0) is 22.0. The van der Waals surface area contributed by atoms with Gasteiger partial charge in [0.25, 0.3) is 5.69 Å². The molecule has 0 aliphatic heterocycles. The Bertz CT molecular complexity index is 1340. The second-order valence-corrected chi connectivity index (χ2v) is 7.95. The van der Waals surface area contributed by atoms with E-state index in [4.69, 9.17) is 9.41 Å². The van der Waals surface area contributed by atoms with Crippen molar-refractivity contribution in [2.75, 3.05) is 0 Å². The van der Waals surface area contributed by atoms with Gasteiger partial charge in [0.15, 0.2) is 0 Å². The third-order valence-electron chi connectivity index (χ3n) is 4.69. The van der Waals surface area contributed by atoms with Gasteiger partial charge in [-0.2, -0.15) is 5.10 Å². The lowest BCUT2D eigenvalue weighted by Crippen LogP contribution is -2.11. The van der Waals surface area contributed by atoms with Crippen molar-refractivity contribution in [3.05, 3.63) is 97.5 Å². The number of hydrogen-bond acceptors (Lipinski definition) is 6. The topological polar surface area (TPSA) is 85.9 Å². The van der Waals surface area contributed by atoms with Gasteiger partial charge in [-0.05, 0) is 56.7 Å². The van der Waals surface area contributed by atoms with Crippen LogP contribution in [0.1, 0.15) is 22.6 Å². The van der Waals surface area contributed by atoms with Gasteiger partial charge in [0, 0.05) is 23.1 Å². The lowest BCUT2D eigenvalue weighted by Gasteiger charge is -2.04. The molecule has 2 aromatic heterocycles. The van der Waals surface area contributed by atoms with Crippen LogP contribution in [-0.4, -0.2) is 15.8 Å². The molecular weight excluding hydrogens is 412 g/mol. The van der Waals surface area contributed by atoms with Gasteiger partial charge in [0.1, 0.15) is 11.5 Å². The Balaban J connectivity index is 1.84. The first-order valence-electron chi connectivity index (χ1n) is 9.59. The summed E-state index contributed by atoms with van der Waals surface area (Å²) < 4.78 is 7.32. The molecule has 7 nitrogen and oxygen atoms in total. The van der Waals surface area contributed by atoms with Crippen molar-refractivity contribution >= 4 is 28.9 Å². The predicted octanol–water partition coefficient (Wildman–Crippen LogP) is 5.76. The fourth-order valence-corrected chi connectivity index (χ4v) is 3.96. The average Bonchev–Trinajstić information content (AvgIpc) is 3.34. The number of non-ortho nitro benzene ring substituents is 1. The molecule has 0 radical (unpaired) electrons. The van der Waals surface area contributed by atoms with Crippen molar-refractivity contribution in [3.63, 3.8) is 0 Å². The number of hydrogen-bond donors (Lipinski definition) is 0. The molecule has 156 valence electrons. The Morgan fingerprint density at radius 1 is 1.06 bits per heavy atom. The average molecular weight is 433 g/mol. The smallest absolute Gasteiger partial charge is 0.269 e. The third-order valence-corrected chi connectivity index (χ3v) is 5.51. The summed E-state index contributed by atoms with van der Waals surface area (Å²) in [6.07, 6.45) is 1.63. The Morgan fingerprint density at radius 3 is 2.48 bits per heavy atom. The first kappa shape index (κ1) is 20.5. The Morgan fingerprint density at radius 2 is 1.84 bits per heavy atom. The largest absolute Gasteiger partial charge is 0.460 e. The standard InChI is InChI=1S/C23H20N4O3S/c1-15-4-11-21(16(2)12-15)25-23-26(24-13-20-10-5-17(3)30-20)22(14-31-23)18-6-8-19(9-7-18)27(28)29/h4-14H,1-3H3. The minimum absolute atomic E-state index is 0.0419. The van der Waals surface area contributed by atoms with Gasteiger partial charge >= 0.3 is 0 Å². The van der Waals surface area contributed by atoms with Crippen molar-refractivity contribution in [2.24, 2.45) is 10.1 Å². The van der Waals surface area contributed by atoms with Crippen LogP contribution in [-0.2, 0) is 0 Å². The van der Waals surface area contributed by atoms with Gasteiger partial charge in [0.05, 0.1) is 22.5 Å². The van der Waals surface area contributed by atoms with Gasteiger partial charge in [-0.1, -0.05) is 17.7 Å². The van der Waals surface area contributed by atoms with Crippen LogP contribution in [0.15, 0.2) is 74.5 Å². The first-order chi connectivity index (χ1) is 14.9. The summed E-state index contributed by atoms with van der Waals surface area (Å²) in [5.41, 5.74) is 4.73. The van der Waals surface area contributed by atoms with Crippen LogP contribution in [0.2, 0.25) is 0 Å². The van der Waals surface area contributed by atoms with Gasteiger partial charge < -0.3 is 4.42 Å². The number of aryl methyl sites for hydroxylation is 3. The Labute approximate surface area is 182 Å². The maximum atomic E-state index is 11.0. The molecule has 2 heterocycles. The Kier molecular flexibility index (Phi) is 5.64. The SMILES string of the molecule is Cc1ccc(N=c2scc(-c3ccc([N+](=O)[O-])cc3)n2N=Cc2ccc(C)o2)c(C)c1. The number of furan rings is 1. The summed E-state index contributed by atoms with van der Waals surface area (Å²) in [5.74, 6) is 1.43. The van der Waals surface area contributed by atoms with E-state index < -0.39 is 4.92 Å². The van der Waals surface area contributed by atoms with Crippen LogP contribution in [0.5, 0.6) is 0 Å². The molecule has 2 aromatic carbocycles. The van der Waals surface area contributed by atoms with Crippen LogP contribution < -0.4 is 4.80 Å². The summed E-state index contributed by atoms with van der Waals surface area (Å²) >= 11 is 1.45. The number of thiazole rings is 1. The molecule has 4 rings (SSSR count). The van der Waals surface area contributed by atoms with E-state index in [1.165, 1.54) is 29.0 Å². The van der Waals surface area contributed by atoms with E-state index in [9.17, 15) is 10.1 Å². The highest BCUT2D eigenvalue weighted by Gasteiger charge is 2.11. The number of nitro groups is 1. The highest BCUT2D eigenvalue weighted by atomic mass is 32.1. The minimum Gasteiger partial charge on any atom is -0.460 e. The fraction of sp³-hybridized carbons (Fsp3) is 0.130. The number of nitrogens with zero attached hydrogens (tertiary/aromatic N) is 4. The van der Waals surface area contributed by atoms with Gasteiger partial charge in [-0.15, -0.1) is 11.3 Å². The molecule has 0 aliphatic carbocycles. The van der Waals surface area contributed by atoms with Gasteiger partial charge in [-0.3, -0.25) is 10.1 Å². The Hall–Kier alpha value is -3.78. The van der Waals surface area contributed by atoms with Crippen LogP contribution >= 0.6 is 11.3 Å². The number of benzene rings is 2. The van der Waals surface area contributed by atoms with Crippen molar-refractivity contribution in [2.45, 2.75) is 20.8 Å². The van der Waals surface area contributed by atoms with Crippen LogP contribution in [0, 0.1) is 30.9 Å². The lowest BCUT2D eigenvalue weighted by molar-refractivity contribution is -0.384. The quantitative estimate of drug-likeness (QED) is 0.228. The van der Waals surface area contributed by atoms with E-state index in [0.29, 0.717) is 10.6 Å². The van der Waals surface area contributed by atoms with Crippen molar-refractivity contribution < 1.29 is 9.34 Å². The molecule has 0 saturated carbocycles. The van der Waals surface area contributed by atoms with E-state index in [-0.39, 0.29) is 5.69 Å². The second-order valence-electron chi connectivity index (χ2n) is 7.11. The third kappa shape index (κ3) is 4.54. The summed E-state index contributed by atoms with van der Waals surface area (Å²) in [5, 5.41) is 17.5. The molecule has 4 aromatic rings. The summed E-state index contributed by atoms with van der Waals surface area (Å²) in [6.45, 7) is 5.94. The number of aromatic nitrogens is 1. The number of nitro benzene ring substituents is 1. The maximum Gasteiger partial charge on any atom is 0.269 e. The summed E-state index contributed by atoms with van der Waals surface area (Å²) in [6, 6.07) is 16.2. The van der Waals surface area contributed by atoms with E-state index in [0.717, 1.165) is 28.3 Å². The second kappa shape index (κ2) is 8.53. The van der Waals surface area contributed by atoms with Crippen molar-refractivity contribution in [1.82, 2.24) is 4.68 Å². The number of rotatable bonds is 5. The zero-order valence-corrected chi connectivity index (χ0v) is 18.1. The molecule has 0 saturated heterocycles. The van der Waals surface area contributed by atoms with E-state index in [1.807, 2.05) is 50.4 Å². The zero-order valence-electron chi connectivity index (χ0n) is 17.3. The molecular formula is C23H20N4O3S. The van der Waals surface area contributed by atoms with Gasteiger partial charge in [-0.25, -0.2) is 9.67 Å². The molecule has 8 heteroatoms. The maximum absolute atomic E-state index is 11.0. The molecule has 31 heavy (non-hydrogen) atoms. The molecule has 0 spiro atoms. The molecule has 0 amide bonds. The van der Waals surface area contributed by atoms with E-state index in [2.05, 4.69) is 11.2 Å². The first-order valence-corrected chi connectivity index (χ1v) is 10.5. The normalized spacial score (nSPS) is 12.0. The molecule has 0 unspecified atom stereocenters.